The fraction of sp³-hybridized carbons (Fsp3) is 0.364. The van der Waals surface area contributed by atoms with Gasteiger partial charge in [-0.15, -0.1) is 21.5 Å². The van der Waals surface area contributed by atoms with Crippen molar-refractivity contribution in [3.8, 4) is 10.7 Å². The maximum atomic E-state index is 12.5. The molecule has 0 radical (unpaired) electrons. The number of anilines is 1. The molecule has 0 spiro atoms. The van der Waals surface area contributed by atoms with Crippen molar-refractivity contribution in [3.63, 3.8) is 0 Å². The zero-order valence-corrected chi connectivity index (χ0v) is 19.5. The van der Waals surface area contributed by atoms with Crippen molar-refractivity contribution >= 4 is 40.7 Å². The summed E-state index contributed by atoms with van der Waals surface area (Å²) >= 11 is 2.87. The number of thioether (sulfide) groups is 1. The molecule has 1 aromatic carbocycles. The average Bonchev–Trinajstić information content (AvgIpc) is 3.51. The summed E-state index contributed by atoms with van der Waals surface area (Å²) in [7, 11) is 0. The smallest absolute Gasteiger partial charge is 0.316 e. The van der Waals surface area contributed by atoms with Gasteiger partial charge < -0.3 is 19.1 Å². The molecule has 8 nitrogen and oxygen atoms in total. The van der Waals surface area contributed by atoms with Gasteiger partial charge in [-0.25, -0.2) is 0 Å². The summed E-state index contributed by atoms with van der Waals surface area (Å²) in [5, 5.41) is 11.1. The highest BCUT2D eigenvalue weighted by Gasteiger charge is 2.22. The van der Waals surface area contributed by atoms with E-state index < -0.39 is 5.97 Å². The number of rotatable bonds is 8. The van der Waals surface area contributed by atoms with Crippen LogP contribution >= 0.6 is 23.1 Å². The number of thiophene rings is 1. The fourth-order valence-corrected chi connectivity index (χ4v) is 5.04. The monoisotopic (exact) mass is 471 g/mol. The second kappa shape index (κ2) is 10.6. The highest BCUT2D eigenvalue weighted by atomic mass is 32.2. The quantitative estimate of drug-likeness (QED) is 0.369. The molecule has 0 bridgehead atoms. The van der Waals surface area contributed by atoms with Crippen LogP contribution in [-0.4, -0.2) is 70.1 Å². The Kier molecular flexibility index (Phi) is 7.43. The van der Waals surface area contributed by atoms with Crippen molar-refractivity contribution < 1.29 is 14.3 Å². The molecule has 168 valence electrons. The third-order valence-electron chi connectivity index (χ3n) is 5.20. The number of amides is 1. The summed E-state index contributed by atoms with van der Waals surface area (Å²) in [5.41, 5.74) is 1.16. The Morgan fingerprint density at radius 3 is 2.53 bits per heavy atom. The number of benzene rings is 1. The second-order valence-corrected chi connectivity index (χ2v) is 9.07. The van der Waals surface area contributed by atoms with E-state index >= 15 is 0 Å². The van der Waals surface area contributed by atoms with Crippen molar-refractivity contribution in [1.29, 1.82) is 0 Å². The maximum absolute atomic E-state index is 12.5. The molecule has 0 saturated carbocycles. The first-order valence-corrected chi connectivity index (χ1v) is 12.4. The van der Waals surface area contributed by atoms with Crippen molar-refractivity contribution in [2.45, 2.75) is 18.6 Å². The highest BCUT2D eigenvalue weighted by Crippen LogP contribution is 2.27. The van der Waals surface area contributed by atoms with Gasteiger partial charge >= 0.3 is 5.97 Å². The number of aromatic nitrogens is 3. The van der Waals surface area contributed by atoms with E-state index in [1.54, 1.807) is 16.2 Å². The Balaban J connectivity index is 1.21. The minimum absolute atomic E-state index is 0.0810. The van der Waals surface area contributed by atoms with E-state index in [2.05, 4.69) is 27.2 Å². The van der Waals surface area contributed by atoms with Crippen molar-refractivity contribution in [2.75, 3.05) is 43.4 Å². The summed E-state index contributed by atoms with van der Waals surface area (Å²) in [6, 6.07) is 14.1. The SMILES string of the molecule is CCn1c(SCC(=O)OCC(=O)N2CCN(c3ccccc3)CC2)nnc1-c1cccs1. The van der Waals surface area contributed by atoms with E-state index in [9.17, 15) is 9.59 Å². The first-order valence-electron chi connectivity index (χ1n) is 10.5. The Morgan fingerprint density at radius 1 is 1.06 bits per heavy atom. The molecule has 0 unspecified atom stereocenters. The van der Waals surface area contributed by atoms with Crippen LogP contribution in [-0.2, 0) is 20.9 Å². The van der Waals surface area contributed by atoms with E-state index in [0.29, 0.717) is 24.8 Å². The van der Waals surface area contributed by atoms with Gasteiger partial charge in [0, 0.05) is 38.4 Å². The molecule has 0 aliphatic carbocycles. The van der Waals surface area contributed by atoms with Crippen LogP contribution in [0.3, 0.4) is 0 Å². The summed E-state index contributed by atoms with van der Waals surface area (Å²) in [4.78, 5) is 29.7. The maximum Gasteiger partial charge on any atom is 0.316 e. The van der Waals surface area contributed by atoms with Gasteiger partial charge in [0.1, 0.15) is 0 Å². The van der Waals surface area contributed by atoms with Crippen LogP contribution < -0.4 is 4.90 Å². The molecule has 10 heteroatoms. The number of piperazine rings is 1. The molecule has 3 heterocycles. The van der Waals surface area contributed by atoms with Gasteiger partial charge in [-0.05, 0) is 30.5 Å². The molecule has 1 amide bonds. The van der Waals surface area contributed by atoms with E-state index in [-0.39, 0.29) is 18.3 Å². The van der Waals surface area contributed by atoms with Gasteiger partial charge in [0.05, 0.1) is 10.6 Å². The molecule has 1 aliphatic heterocycles. The van der Waals surface area contributed by atoms with Crippen LogP contribution in [0.1, 0.15) is 6.92 Å². The minimum Gasteiger partial charge on any atom is -0.455 e. The number of para-hydroxylation sites is 1. The first-order chi connectivity index (χ1) is 15.7. The molecular formula is C22H25N5O3S2. The van der Waals surface area contributed by atoms with Gasteiger partial charge in [-0.1, -0.05) is 36.0 Å². The number of carbonyl (C=O) groups excluding carboxylic acids is 2. The van der Waals surface area contributed by atoms with E-state index in [1.807, 2.05) is 47.2 Å². The number of esters is 1. The first kappa shape index (κ1) is 22.3. The number of ether oxygens (including phenoxy) is 1. The number of nitrogens with zero attached hydrogens (tertiary/aromatic N) is 5. The Morgan fingerprint density at radius 2 is 1.84 bits per heavy atom. The number of hydrogen-bond donors (Lipinski definition) is 0. The number of hydrogen-bond acceptors (Lipinski definition) is 8. The Bertz CT molecular complexity index is 1030. The Labute approximate surface area is 195 Å². The third-order valence-corrected chi connectivity index (χ3v) is 7.01. The topological polar surface area (TPSA) is 80.6 Å². The van der Waals surface area contributed by atoms with Gasteiger partial charge in [0.15, 0.2) is 17.6 Å². The lowest BCUT2D eigenvalue weighted by Crippen LogP contribution is -2.49. The molecule has 4 rings (SSSR count). The molecule has 1 fully saturated rings. The van der Waals surface area contributed by atoms with Crippen molar-refractivity contribution in [3.05, 3.63) is 47.8 Å². The predicted molar refractivity (Wildman–Crippen MR) is 126 cm³/mol. The largest absolute Gasteiger partial charge is 0.455 e. The molecule has 0 atom stereocenters. The predicted octanol–water partition coefficient (Wildman–Crippen LogP) is 3.01. The minimum atomic E-state index is -0.436. The molecule has 2 aromatic heterocycles. The zero-order chi connectivity index (χ0) is 22.3. The van der Waals surface area contributed by atoms with Crippen LogP contribution in [0.15, 0.2) is 53.0 Å². The van der Waals surface area contributed by atoms with Crippen molar-refractivity contribution in [1.82, 2.24) is 19.7 Å². The van der Waals surface area contributed by atoms with Crippen LogP contribution in [0.4, 0.5) is 5.69 Å². The van der Waals surface area contributed by atoms with Crippen molar-refractivity contribution in [2.24, 2.45) is 0 Å². The molecule has 1 saturated heterocycles. The van der Waals surface area contributed by atoms with Crippen LogP contribution in [0.5, 0.6) is 0 Å². The molecular weight excluding hydrogens is 446 g/mol. The average molecular weight is 472 g/mol. The van der Waals surface area contributed by atoms with E-state index in [1.165, 1.54) is 11.8 Å². The fourth-order valence-electron chi connectivity index (χ4n) is 3.52. The summed E-state index contributed by atoms with van der Waals surface area (Å²) in [6.07, 6.45) is 0. The molecule has 32 heavy (non-hydrogen) atoms. The molecule has 1 aliphatic rings. The summed E-state index contributed by atoms with van der Waals surface area (Å²) in [6.45, 7) is 5.24. The third kappa shape index (κ3) is 5.31. The van der Waals surface area contributed by atoms with E-state index in [4.69, 9.17) is 4.74 Å². The number of carbonyl (C=O) groups is 2. The zero-order valence-electron chi connectivity index (χ0n) is 17.8. The summed E-state index contributed by atoms with van der Waals surface area (Å²) in [5.74, 6) is 0.281. The standard InChI is InChI=1S/C22H25N5O3S2/c1-2-27-21(18-9-6-14-31-18)23-24-22(27)32-16-20(29)30-15-19(28)26-12-10-25(11-13-26)17-7-4-3-5-8-17/h3-9,14H,2,10-13,15-16H2,1H3. The van der Waals surface area contributed by atoms with Gasteiger partial charge in [-0.2, -0.15) is 0 Å². The van der Waals surface area contributed by atoms with E-state index in [0.717, 1.165) is 29.5 Å². The van der Waals surface area contributed by atoms with Crippen LogP contribution in [0, 0.1) is 0 Å². The van der Waals surface area contributed by atoms with Gasteiger partial charge in [-0.3, -0.25) is 9.59 Å². The second-order valence-electron chi connectivity index (χ2n) is 7.18. The lowest BCUT2D eigenvalue weighted by Gasteiger charge is -2.36. The summed E-state index contributed by atoms with van der Waals surface area (Å²) < 4.78 is 7.20. The van der Waals surface area contributed by atoms with Gasteiger partial charge in [0.25, 0.3) is 5.91 Å². The van der Waals surface area contributed by atoms with Crippen LogP contribution in [0.2, 0.25) is 0 Å². The van der Waals surface area contributed by atoms with Gasteiger partial charge in [0.2, 0.25) is 0 Å². The lowest BCUT2D eigenvalue weighted by atomic mass is 10.2. The molecule has 3 aromatic rings. The molecule has 0 N–H and O–H groups in total. The normalized spacial score (nSPS) is 13.9. The lowest BCUT2D eigenvalue weighted by molar-refractivity contribution is -0.150. The van der Waals surface area contributed by atoms with Crippen LogP contribution in [0.25, 0.3) is 10.7 Å². The Hall–Kier alpha value is -2.85. The highest BCUT2D eigenvalue weighted by molar-refractivity contribution is 7.99.